The quantitative estimate of drug-likeness (QED) is 0.569. The van der Waals surface area contributed by atoms with Crippen molar-refractivity contribution >= 4 is 0 Å². The van der Waals surface area contributed by atoms with Crippen LogP contribution in [0.15, 0.2) is 0 Å². The molecule has 0 aliphatic rings. The van der Waals surface area contributed by atoms with Gasteiger partial charge >= 0.3 is 0 Å². The molecule has 3 heteroatoms. The third-order valence-electron chi connectivity index (χ3n) is 2.31. The molecule has 0 atom stereocenters. The Kier molecular flexibility index (Phi) is 4.89. The first-order chi connectivity index (χ1) is 5.83. The molecule has 0 bridgehead atoms. The van der Waals surface area contributed by atoms with Crippen LogP contribution >= 0.6 is 0 Å². The molecule has 0 heterocycles. The molecule has 3 nitrogen and oxygen atoms in total. The largest absolute Gasteiger partial charge is 0.330 e. The van der Waals surface area contributed by atoms with E-state index in [0.717, 1.165) is 13.1 Å². The van der Waals surface area contributed by atoms with Crippen LogP contribution in [0.3, 0.4) is 0 Å². The van der Waals surface area contributed by atoms with Gasteiger partial charge in [-0.25, -0.2) is 0 Å². The molecule has 0 aromatic carbocycles. The second kappa shape index (κ2) is 4.94. The predicted octanol–water partition coefficient (Wildman–Crippen LogP) is 0.546. The molecule has 0 spiro atoms. The molecule has 0 radical (unpaired) electrons. The Morgan fingerprint density at radius 2 is 1.15 bits per heavy atom. The van der Waals surface area contributed by atoms with Gasteiger partial charge in [0.05, 0.1) is 0 Å². The minimum atomic E-state index is 0.185. The fourth-order valence-corrected chi connectivity index (χ4v) is 0.884. The molecule has 0 unspecified atom stereocenters. The molecule has 0 amide bonds. The highest BCUT2D eigenvalue weighted by Gasteiger charge is 2.18. The Balaban J connectivity index is 3.68. The molecular weight excluding hydrogens is 162 g/mol. The van der Waals surface area contributed by atoms with Crippen LogP contribution in [0.2, 0.25) is 0 Å². The zero-order valence-corrected chi connectivity index (χ0v) is 9.48. The average Bonchev–Trinajstić information content (AvgIpc) is 2.04. The van der Waals surface area contributed by atoms with Gasteiger partial charge in [-0.05, 0) is 23.9 Å². The monoisotopic (exact) mass is 187 g/mol. The van der Waals surface area contributed by atoms with Crippen LogP contribution in [0, 0.1) is 10.8 Å². The first kappa shape index (κ1) is 12.9. The van der Waals surface area contributed by atoms with Gasteiger partial charge in [0.25, 0.3) is 0 Å². The first-order valence-corrected chi connectivity index (χ1v) is 4.94. The van der Waals surface area contributed by atoms with Crippen LogP contribution in [-0.2, 0) is 0 Å². The molecule has 13 heavy (non-hydrogen) atoms. The fraction of sp³-hybridized carbons (Fsp3) is 1.00. The molecule has 0 saturated carbocycles. The van der Waals surface area contributed by atoms with E-state index in [1.165, 1.54) is 0 Å². The highest BCUT2D eigenvalue weighted by atomic mass is 14.9. The van der Waals surface area contributed by atoms with Crippen LogP contribution in [0.5, 0.6) is 0 Å². The SMILES string of the molecule is CC(C)(CN)CNCC(C)(C)CN. The molecule has 0 aromatic heterocycles. The van der Waals surface area contributed by atoms with Gasteiger partial charge in [0.1, 0.15) is 0 Å². The summed E-state index contributed by atoms with van der Waals surface area (Å²) >= 11 is 0. The van der Waals surface area contributed by atoms with E-state index in [0.29, 0.717) is 13.1 Å². The van der Waals surface area contributed by atoms with E-state index < -0.39 is 0 Å². The van der Waals surface area contributed by atoms with Gasteiger partial charge in [-0.15, -0.1) is 0 Å². The Labute approximate surface area is 82.3 Å². The minimum Gasteiger partial charge on any atom is -0.330 e. The lowest BCUT2D eigenvalue weighted by atomic mass is 9.91. The zero-order chi connectivity index (χ0) is 10.5. The van der Waals surface area contributed by atoms with Crippen molar-refractivity contribution < 1.29 is 0 Å². The lowest BCUT2D eigenvalue weighted by Crippen LogP contribution is -2.41. The van der Waals surface area contributed by atoms with Crippen LogP contribution < -0.4 is 16.8 Å². The number of hydrogen-bond donors (Lipinski definition) is 3. The van der Waals surface area contributed by atoms with Gasteiger partial charge in [-0.1, -0.05) is 27.7 Å². The topological polar surface area (TPSA) is 64.1 Å². The number of rotatable bonds is 6. The molecule has 80 valence electrons. The Morgan fingerprint density at radius 1 is 0.846 bits per heavy atom. The zero-order valence-electron chi connectivity index (χ0n) is 9.48. The van der Waals surface area contributed by atoms with Crippen molar-refractivity contribution in [2.75, 3.05) is 26.2 Å². The van der Waals surface area contributed by atoms with E-state index in [1.54, 1.807) is 0 Å². The van der Waals surface area contributed by atoms with Gasteiger partial charge in [0.2, 0.25) is 0 Å². The lowest BCUT2D eigenvalue weighted by molar-refractivity contribution is 0.297. The van der Waals surface area contributed by atoms with Crippen molar-refractivity contribution in [1.29, 1.82) is 0 Å². The molecule has 0 aliphatic carbocycles. The summed E-state index contributed by atoms with van der Waals surface area (Å²) in [5.74, 6) is 0. The summed E-state index contributed by atoms with van der Waals surface area (Å²) < 4.78 is 0. The summed E-state index contributed by atoms with van der Waals surface area (Å²) in [5, 5.41) is 3.41. The second-order valence-corrected chi connectivity index (χ2v) is 5.34. The van der Waals surface area contributed by atoms with Crippen LogP contribution in [0.1, 0.15) is 27.7 Å². The highest BCUT2D eigenvalue weighted by Crippen LogP contribution is 2.13. The van der Waals surface area contributed by atoms with Crippen molar-refractivity contribution in [2.45, 2.75) is 27.7 Å². The molecule has 0 aromatic rings. The summed E-state index contributed by atoms with van der Waals surface area (Å²) in [5.41, 5.74) is 11.6. The van der Waals surface area contributed by atoms with Crippen molar-refractivity contribution in [3.8, 4) is 0 Å². The number of nitrogens with one attached hydrogen (secondary N) is 1. The molecular formula is C10H25N3. The van der Waals surface area contributed by atoms with Gasteiger partial charge < -0.3 is 16.8 Å². The predicted molar refractivity (Wildman–Crippen MR) is 58.5 cm³/mol. The maximum atomic E-state index is 5.62. The second-order valence-electron chi connectivity index (χ2n) is 5.34. The Bertz CT molecular complexity index is 125. The first-order valence-electron chi connectivity index (χ1n) is 4.94. The molecule has 0 saturated heterocycles. The standard InChI is InChI=1S/C10H25N3/c1-9(2,5-11)7-13-8-10(3,4)6-12/h13H,5-8,11-12H2,1-4H3. The van der Waals surface area contributed by atoms with Gasteiger partial charge in [-0.3, -0.25) is 0 Å². The molecule has 0 fully saturated rings. The van der Waals surface area contributed by atoms with Crippen molar-refractivity contribution in [3.05, 3.63) is 0 Å². The summed E-state index contributed by atoms with van der Waals surface area (Å²) in [6.45, 7) is 12.0. The molecule has 0 rings (SSSR count). The van der Waals surface area contributed by atoms with Crippen molar-refractivity contribution in [2.24, 2.45) is 22.3 Å². The number of nitrogens with two attached hydrogens (primary N) is 2. The van der Waals surface area contributed by atoms with E-state index in [-0.39, 0.29) is 10.8 Å². The summed E-state index contributed by atoms with van der Waals surface area (Å²) in [6.07, 6.45) is 0. The van der Waals surface area contributed by atoms with Gasteiger partial charge in [0.15, 0.2) is 0 Å². The lowest BCUT2D eigenvalue weighted by Gasteiger charge is -2.27. The summed E-state index contributed by atoms with van der Waals surface area (Å²) in [4.78, 5) is 0. The summed E-state index contributed by atoms with van der Waals surface area (Å²) in [7, 11) is 0. The fourth-order valence-electron chi connectivity index (χ4n) is 0.884. The third kappa shape index (κ3) is 6.02. The van der Waals surface area contributed by atoms with E-state index in [4.69, 9.17) is 11.5 Å². The van der Waals surface area contributed by atoms with Crippen molar-refractivity contribution in [1.82, 2.24) is 5.32 Å². The van der Waals surface area contributed by atoms with Crippen LogP contribution in [0.25, 0.3) is 0 Å². The third-order valence-corrected chi connectivity index (χ3v) is 2.31. The smallest absolute Gasteiger partial charge is 0.00148 e. The van der Waals surface area contributed by atoms with Crippen molar-refractivity contribution in [3.63, 3.8) is 0 Å². The maximum Gasteiger partial charge on any atom is 0.00148 e. The minimum absolute atomic E-state index is 0.185. The van der Waals surface area contributed by atoms with E-state index in [9.17, 15) is 0 Å². The highest BCUT2D eigenvalue weighted by molar-refractivity contribution is 4.77. The molecule has 0 aliphatic heterocycles. The maximum absolute atomic E-state index is 5.62. The molecule has 5 N–H and O–H groups in total. The summed E-state index contributed by atoms with van der Waals surface area (Å²) in [6, 6.07) is 0. The Morgan fingerprint density at radius 3 is 1.38 bits per heavy atom. The van der Waals surface area contributed by atoms with E-state index in [1.807, 2.05) is 0 Å². The average molecular weight is 187 g/mol. The Hall–Kier alpha value is -0.120. The van der Waals surface area contributed by atoms with Crippen LogP contribution in [0.4, 0.5) is 0 Å². The van der Waals surface area contributed by atoms with Crippen LogP contribution in [-0.4, -0.2) is 26.2 Å². The van der Waals surface area contributed by atoms with Gasteiger partial charge in [-0.2, -0.15) is 0 Å². The van der Waals surface area contributed by atoms with E-state index >= 15 is 0 Å². The normalized spacial score (nSPS) is 13.4. The van der Waals surface area contributed by atoms with Gasteiger partial charge in [0, 0.05) is 13.1 Å². The van der Waals surface area contributed by atoms with E-state index in [2.05, 4.69) is 33.0 Å². The number of hydrogen-bond acceptors (Lipinski definition) is 3.